The van der Waals surface area contributed by atoms with Crippen LogP contribution in [0.3, 0.4) is 0 Å². The molecule has 0 bridgehead atoms. The minimum atomic E-state index is -3.76. The third-order valence-corrected chi connectivity index (χ3v) is 6.47. The van der Waals surface area contributed by atoms with Crippen LogP contribution >= 0.6 is 15.9 Å². The molecule has 6 nitrogen and oxygen atoms in total. The van der Waals surface area contributed by atoms with Crippen molar-refractivity contribution in [3.05, 3.63) is 28.2 Å². The lowest BCUT2D eigenvalue weighted by Crippen LogP contribution is -2.31. The Bertz CT molecular complexity index is 686. The first-order valence-corrected chi connectivity index (χ1v) is 10.00. The van der Waals surface area contributed by atoms with Gasteiger partial charge in [0.2, 0.25) is 10.0 Å². The summed E-state index contributed by atoms with van der Waals surface area (Å²) in [6.07, 6.45) is 1.07. The summed E-state index contributed by atoms with van der Waals surface area (Å²) in [7, 11) is -5.63. The van der Waals surface area contributed by atoms with Crippen LogP contribution in [-0.4, -0.2) is 46.7 Å². The first kappa shape index (κ1) is 17.6. The third-order valence-electron chi connectivity index (χ3n) is 2.70. The van der Waals surface area contributed by atoms with E-state index in [1.165, 1.54) is 13.1 Å². The van der Waals surface area contributed by atoms with Crippen molar-refractivity contribution in [3.63, 3.8) is 0 Å². The monoisotopic (exact) mass is 384 g/mol. The molecule has 1 rings (SSSR count). The van der Waals surface area contributed by atoms with Gasteiger partial charge in [-0.25, -0.2) is 16.8 Å². The molecule has 114 valence electrons. The molecule has 0 unspecified atom stereocenters. The van der Waals surface area contributed by atoms with Crippen LogP contribution in [0, 0.1) is 0 Å². The average Bonchev–Trinajstić information content (AvgIpc) is 2.35. The summed E-state index contributed by atoms with van der Waals surface area (Å²) in [6.45, 7) is 0.128. The maximum absolute atomic E-state index is 12.4. The van der Waals surface area contributed by atoms with E-state index in [1.54, 1.807) is 12.1 Å². The molecule has 0 aliphatic carbocycles. The van der Waals surface area contributed by atoms with E-state index in [2.05, 4.69) is 15.9 Å². The molecule has 0 radical (unpaired) electrons. The molecule has 1 aromatic carbocycles. The van der Waals surface area contributed by atoms with E-state index in [1.807, 2.05) is 0 Å². The molecular weight excluding hydrogens is 368 g/mol. The Morgan fingerprint density at radius 3 is 2.35 bits per heavy atom. The second-order valence-corrected chi connectivity index (χ2v) is 9.55. The number of sulfone groups is 1. The van der Waals surface area contributed by atoms with Gasteiger partial charge in [-0.2, -0.15) is 4.31 Å². The summed E-state index contributed by atoms with van der Waals surface area (Å²) in [5.74, 6) is -0.225. The van der Waals surface area contributed by atoms with Crippen LogP contribution in [0.2, 0.25) is 0 Å². The van der Waals surface area contributed by atoms with E-state index >= 15 is 0 Å². The molecule has 0 spiro atoms. The molecule has 0 aliphatic rings. The van der Waals surface area contributed by atoms with Crippen LogP contribution in [0.1, 0.15) is 5.56 Å². The van der Waals surface area contributed by atoms with Gasteiger partial charge in [-0.15, -0.1) is 0 Å². The number of hydrogen-bond acceptors (Lipinski definition) is 5. The van der Waals surface area contributed by atoms with Crippen molar-refractivity contribution in [3.8, 4) is 0 Å². The molecule has 0 aliphatic heterocycles. The summed E-state index contributed by atoms with van der Waals surface area (Å²) in [6, 6.07) is 4.81. The highest BCUT2D eigenvalue weighted by molar-refractivity contribution is 9.10. The van der Waals surface area contributed by atoms with E-state index in [9.17, 15) is 16.8 Å². The highest BCUT2D eigenvalue weighted by Crippen LogP contribution is 2.25. The van der Waals surface area contributed by atoms with Crippen LogP contribution in [-0.2, 0) is 26.4 Å². The minimum absolute atomic E-state index is 0.0800. The molecule has 1 aromatic rings. The average molecular weight is 385 g/mol. The summed E-state index contributed by atoms with van der Waals surface area (Å²) >= 11 is 3.19. The molecule has 2 N–H and O–H groups in total. The lowest BCUT2D eigenvalue weighted by Gasteiger charge is -2.18. The number of benzene rings is 1. The van der Waals surface area contributed by atoms with E-state index in [0.29, 0.717) is 10.0 Å². The topological polar surface area (TPSA) is 97.5 Å². The van der Waals surface area contributed by atoms with Gasteiger partial charge in [-0.05, 0) is 33.6 Å². The van der Waals surface area contributed by atoms with Gasteiger partial charge in [0.15, 0.2) is 0 Å². The zero-order chi connectivity index (χ0) is 15.6. The number of nitrogens with zero attached hydrogens (tertiary/aromatic N) is 1. The van der Waals surface area contributed by atoms with Gasteiger partial charge in [0.1, 0.15) is 9.84 Å². The zero-order valence-corrected chi connectivity index (χ0v) is 14.4. The molecule has 0 fully saturated rings. The lowest BCUT2D eigenvalue weighted by molar-refractivity contribution is 0.484. The van der Waals surface area contributed by atoms with Gasteiger partial charge in [-0.3, -0.25) is 0 Å². The van der Waals surface area contributed by atoms with Crippen LogP contribution in [0.25, 0.3) is 0 Å². The van der Waals surface area contributed by atoms with Gasteiger partial charge in [0, 0.05) is 30.9 Å². The van der Waals surface area contributed by atoms with Crippen molar-refractivity contribution in [2.75, 3.05) is 25.6 Å². The Morgan fingerprint density at radius 1 is 1.25 bits per heavy atom. The first-order chi connectivity index (χ1) is 9.08. The number of sulfonamides is 1. The Hall–Kier alpha value is -0.480. The van der Waals surface area contributed by atoms with Crippen molar-refractivity contribution in [2.24, 2.45) is 5.73 Å². The Labute approximate surface area is 128 Å². The van der Waals surface area contributed by atoms with E-state index in [4.69, 9.17) is 5.73 Å². The predicted molar refractivity (Wildman–Crippen MR) is 81.6 cm³/mol. The van der Waals surface area contributed by atoms with Crippen molar-refractivity contribution in [1.29, 1.82) is 0 Å². The number of hydrogen-bond donors (Lipinski definition) is 1. The molecule has 20 heavy (non-hydrogen) atoms. The highest BCUT2D eigenvalue weighted by Gasteiger charge is 2.24. The molecule has 0 saturated heterocycles. The van der Waals surface area contributed by atoms with Crippen molar-refractivity contribution < 1.29 is 16.8 Å². The fourth-order valence-corrected chi connectivity index (χ4v) is 4.32. The fraction of sp³-hybridized carbons (Fsp3) is 0.455. The van der Waals surface area contributed by atoms with Gasteiger partial charge < -0.3 is 5.73 Å². The molecule has 0 heterocycles. The molecule has 0 amide bonds. The standard InChI is InChI=1S/C11H17BrN2O4S2/c1-14(5-6-19(2,15)16)20(17,18)11-7-9(8-13)3-4-10(11)12/h3-4,7H,5-6,8,13H2,1-2H3. The fourth-order valence-electron chi connectivity index (χ4n) is 1.45. The third kappa shape index (κ3) is 4.52. The normalized spacial score (nSPS) is 12.8. The first-order valence-electron chi connectivity index (χ1n) is 5.70. The van der Waals surface area contributed by atoms with Crippen LogP contribution in [0.4, 0.5) is 0 Å². The lowest BCUT2D eigenvalue weighted by atomic mass is 10.2. The highest BCUT2D eigenvalue weighted by atomic mass is 79.9. The van der Waals surface area contributed by atoms with Gasteiger partial charge >= 0.3 is 0 Å². The van der Waals surface area contributed by atoms with Crippen molar-refractivity contribution >= 4 is 35.8 Å². The predicted octanol–water partition coefficient (Wildman–Crippen LogP) is 0.573. The van der Waals surface area contributed by atoms with Gasteiger partial charge in [0.25, 0.3) is 0 Å². The SMILES string of the molecule is CN(CCS(C)(=O)=O)S(=O)(=O)c1cc(CN)ccc1Br. The second kappa shape index (κ2) is 6.52. The van der Waals surface area contributed by atoms with Gasteiger partial charge in [-0.1, -0.05) is 6.07 Å². The Balaban J connectivity index is 3.10. The van der Waals surface area contributed by atoms with Gasteiger partial charge in [0.05, 0.1) is 10.6 Å². The van der Waals surface area contributed by atoms with Crippen LogP contribution in [0.5, 0.6) is 0 Å². The number of nitrogens with two attached hydrogens (primary N) is 1. The Kier molecular flexibility index (Phi) is 5.73. The maximum Gasteiger partial charge on any atom is 0.243 e. The van der Waals surface area contributed by atoms with Crippen molar-refractivity contribution in [1.82, 2.24) is 4.31 Å². The van der Waals surface area contributed by atoms with E-state index in [0.717, 1.165) is 10.6 Å². The summed E-state index contributed by atoms with van der Waals surface area (Å²) in [5, 5.41) is 0. The minimum Gasteiger partial charge on any atom is -0.326 e. The summed E-state index contributed by atoms with van der Waals surface area (Å²) < 4.78 is 48.5. The number of rotatable bonds is 6. The van der Waals surface area contributed by atoms with E-state index < -0.39 is 19.9 Å². The smallest absolute Gasteiger partial charge is 0.243 e. The second-order valence-electron chi connectivity index (χ2n) is 4.43. The summed E-state index contributed by atoms with van der Waals surface area (Å²) in [5.41, 5.74) is 6.18. The van der Waals surface area contributed by atoms with Crippen LogP contribution < -0.4 is 5.73 Å². The molecule has 0 saturated carbocycles. The van der Waals surface area contributed by atoms with Crippen molar-refractivity contribution in [2.45, 2.75) is 11.4 Å². The number of halogens is 1. The Morgan fingerprint density at radius 2 is 1.85 bits per heavy atom. The largest absolute Gasteiger partial charge is 0.326 e. The quantitative estimate of drug-likeness (QED) is 0.772. The maximum atomic E-state index is 12.4. The summed E-state index contributed by atoms with van der Waals surface area (Å²) in [4.78, 5) is 0.0800. The van der Waals surface area contributed by atoms with Crippen LogP contribution in [0.15, 0.2) is 27.6 Å². The molecule has 0 atom stereocenters. The molecule has 9 heteroatoms. The molecular formula is C11H17BrN2O4S2. The zero-order valence-electron chi connectivity index (χ0n) is 11.2. The van der Waals surface area contributed by atoms with E-state index in [-0.39, 0.29) is 23.7 Å². The molecule has 0 aromatic heterocycles.